The first-order valence-electron chi connectivity index (χ1n) is 10.3. The van der Waals surface area contributed by atoms with Crippen molar-refractivity contribution in [2.24, 2.45) is 5.92 Å². The van der Waals surface area contributed by atoms with Crippen molar-refractivity contribution in [3.63, 3.8) is 0 Å². The lowest BCUT2D eigenvalue weighted by molar-refractivity contribution is -0.139. The molecule has 0 radical (unpaired) electrons. The van der Waals surface area contributed by atoms with Gasteiger partial charge in [0.25, 0.3) is 0 Å². The first-order chi connectivity index (χ1) is 13.9. The predicted molar refractivity (Wildman–Crippen MR) is 119 cm³/mol. The molecule has 30 heavy (non-hydrogen) atoms. The van der Waals surface area contributed by atoms with E-state index < -0.39 is 0 Å². The summed E-state index contributed by atoms with van der Waals surface area (Å²) >= 11 is 0. The molecule has 1 N–H and O–H groups in total. The van der Waals surface area contributed by atoms with E-state index in [0.717, 1.165) is 17.1 Å². The highest BCUT2D eigenvalue weighted by molar-refractivity contribution is 5.94. The molecule has 7 nitrogen and oxygen atoms in total. The molecule has 2 aromatic rings. The van der Waals surface area contributed by atoms with E-state index in [4.69, 9.17) is 9.84 Å². The topological polar surface area (TPSA) is 76.5 Å². The van der Waals surface area contributed by atoms with Crippen molar-refractivity contribution in [3.8, 4) is 11.4 Å². The average molecular weight is 415 g/mol. The van der Waals surface area contributed by atoms with E-state index in [9.17, 15) is 9.59 Å². The lowest BCUT2D eigenvalue weighted by atomic mass is 9.92. The van der Waals surface area contributed by atoms with Crippen LogP contribution in [0.4, 0.5) is 5.82 Å². The summed E-state index contributed by atoms with van der Waals surface area (Å²) in [5.41, 5.74) is 1.47. The summed E-state index contributed by atoms with van der Waals surface area (Å²) in [6.07, 6.45) is 0. The molecule has 0 aliphatic rings. The number of amides is 2. The van der Waals surface area contributed by atoms with E-state index >= 15 is 0 Å². The zero-order valence-corrected chi connectivity index (χ0v) is 19.3. The van der Waals surface area contributed by atoms with Crippen LogP contribution in [0, 0.1) is 5.92 Å². The van der Waals surface area contributed by atoms with Gasteiger partial charge in [0, 0.05) is 23.4 Å². The smallest absolute Gasteiger partial charge is 0.245 e. The molecule has 0 saturated heterocycles. The Bertz CT molecular complexity index is 877. The quantitative estimate of drug-likeness (QED) is 0.743. The minimum absolute atomic E-state index is 0.00662. The molecule has 1 aromatic heterocycles. The number of ether oxygens (including phenoxy) is 1. The van der Waals surface area contributed by atoms with E-state index in [1.54, 1.807) is 16.7 Å². The van der Waals surface area contributed by atoms with Gasteiger partial charge in [-0.25, -0.2) is 4.68 Å². The number of hydrogen-bond donors (Lipinski definition) is 1. The van der Waals surface area contributed by atoms with Crippen LogP contribution >= 0.6 is 0 Å². The number of nitrogens with zero attached hydrogens (tertiary/aromatic N) is 3. The summed E-state index contributed by atoms with van der Waals surface area (Å²) in [6, 6.07) is 9.28. The van der Waals surface area contributed by atoms with Gasteiger partial charge in [-0.1, -0.05) is 34.6 Å². The van der Waals surface area contributed by atoms with Gasteiger partial charge in [-0.05, 0) is 38.1 Å². The van der Waals surface area contributed by atoms with Crippen LogP contribution in [0.3, 0.4) is 0 Å². The predicted octanol–water partition coefficient (Wildman–Crippen LogP) is 4.01. The Balaban J connectivity index is 2.33. The maximum atomic E-state index is 12.8. The third-order valence-electron chi connectivity index (χ3n) is 4.78. The minimum Gasteiger partial charge on any atom is -0.497 e. The van der Waals surface area contributed by atoms with E-state index in [-0.39, 0.29) is 35.7 Å². The molecule has 2 amide bonds. The van der Waals surface area contributed by atoms with Crippen LogP contribution in [0.15, 0.2) is 30.3 Å². The number of aromatic nitrogens is 2. The Labute approximate surface area is 179 Å². The molecule has 1 aromatic carbocycles. The number of benzene rings is 1. The van der Waals surface area contributed by atoms with Gasteiger partial charge >= 0.3 is 0 Å². The van der Waals surface area contributed by atoms with Crippen molar-refractivity contribution in [1.82, 2.24) is 14.7 Å². The van der Waals surface area contributed by atoms with Crippen LogP contribution in [-0.2, 0) is 15.0 Å². The average Bonchev–Trinajstić information content (AvgIpc) is 3.09. The molecular weight excluding hydrogens is 380 g/mol. The Hall–Kier alpha value is -2.83. The number of carbonyl (C=O) groups is 2. The van der Waals surface area contributed by atoms with Crippen LogP contribution < -0.4 is 10.1 Å². The third kappa shape index (κ3) is 5.62. The van der Waals surface area contributed by atoms with Gasteiger partial charge in [0.05, 0.1) is 18.5 Å². The molecule has 0 saturated carbocycles. The van der Waals surface area contributed by atoms with Crippen molar-refractivity contribution in [1.29, 1.82) is 0 Å². The molecule has 7 heteroatoms. The van der Waals surface area contributed by atoms with Crippen LogP contribution in [0.5, 0.6) is 5.75 Å². The Morgan fingerprint density at radius 1 is 1.13 bits per heavy atom. The van der Waals surface area contributed by atoms with Gasteiger partial charge < -0.3 is 15.0 Å². The lowest BCUT2D eigenvalue weighted by Gasteiger charge is -2.27. The Kier molecular flexibility index (Phi) is 7.29. The van der Waals surface area contributed by atoms with Crippen LogP contribution in [0.1, 0.15) is 54.2 Å². The van der Waals surface area contributed by atoms with E-state index in [1.807, 2.05) is 58.0 Å². The summed E-state index contributed by atoms with van der Waals surface area (Å²) < 4.78 is 6.94. The molecule has 0 fully saturated rings. The SMILES string of the molecule is COc1ccc(-n2nc(C(C)(C)C)cc2NC(=O)CN(C(=O)C(C)C)C(C)C)cc1. The highest BCUT2D eigenvalue weighted by Crippen LogP contribution is 2.27. The minimum atomic E-state index is -0.257. The fraction of sp³-hybridized carbons (Fsp3) is 0.522. The summed E-state index contributed by atoms with van der Waals surface area (Å²) in [4.78, 5) is 26.9. The second kappa shape index (κ2) is 9.32. The van der Waals surface area contributed by atoms with Gasteiger partial charge in [0.15, 0.2) is 0 Å². The number of nitrogens with one attached hydrogen (secondary N) is 1. The van der Waals surface area contributed by atoms with Gasteiger partial charge in [0.2, 0.25) is 11.8 Å². The molecule has 2 rings (SSSR count). The normalized spacial score (nSPS) is 11.7. The maximum Gasteiger partial charge on any atom is 0.245 e. The lowest BCUT2D eigenvalue weighted by Crippen LogP contribution is -2.44. The number of anilines is 1. The van der Waals surface area contributed by atoms with E-state index in [2.05, 4.69) is 26.1 Å². The number of methoxy groups -OCH3 is 1. The van der Waals surface area contributed by atoms with Crippen molar-refractivity contribution < 1.29 is 14.3 Å². The summed E-state index contributed by atoms with van der Waals surface area (Å²) in [6.45, 7) is 13.7. The highest BCUT2D eigenvalue weighted by Gasteiger charge is 2.25. The molecule has 0 aliphatic carbocycles. The Morgan fingerprint density at radius 2 is 1.73 bits per heavy atom. The fourth-order valence-corrected chi connectivity index (χ4v) is 2.94. The van der Waals surface area contributed by atoms with E-state index in [0.29, 0.717) is 5.82 Å². The number of carbonyl (C=O) groups excluding carboxylic acids is 2. The molecule has 0 spiro atoms. The highest BCUT2D eigenvalue weighted by atomic mass is 16.5. The van der Waals surface area contributed by atoms with Crippen molar-refractivity contribution in [2.45, 2.75) is 59.9 Å². The van der Waals surface area contributed by atoms with Crippen molar-refractivity contribution in [3.05, 3.63) is 36.0 Å². The third-order valence-corrected chi connectivity index (χ3v) is 4.78. The van der Waals surface area contributed by atoms with Crippen molar-refractivity contribution in [2.75, 3.05) is 19.0 Å². The van der Waals surface area contributed by atoms with Gasteiger partial charge in [0.1, 0.15) is 18.1 Å². The second-order valence-corrected chi connectivity index (χ2v) is 9.04. The molecule has 0 bridgehead atoms. The van der Waals surface area contributed by atoms with Crippen molar-refractivity contribution >= 4 is 17.6 Å². The molecule has 0 aliphatic heterocycles. The Morgan fingerprint density at radius 3 is 2.20 bits per heavy atom. The number of rotatable bonds is 7. The van der Waals surface area contributed by atoms with Gasteiger partial charge in [-0.15, -0.1) is 0 Å². The molecular formula is C23H34N4O3. The molecule has 1 heterocycles. The van der Waals surface area contributed by atoms with Crippen LogP contribution in [0.2, 0.25) is 0 Å². The first-order valence-corrected chi connectivity index (χ1v) is 10.3. The second-order valence-electron chi connectivity index (χ2n) is 9.04. The number of hydrogen-bond acceptors (Lipinski definition) is 4. The van der Waals surface area contributed by atoms with Gasteiger partial charge in [-0.2, -0.15) is 5.10 Å². The standard InChI is InChI=1S/C23H34N4O3/c1-15(2)22(29)26(16(3)4)14-21(28)24-20-13-19(23(5,6)7)25-27(20)17-9-11-18(30-8)12-10-17/h9-13,15-16H,14H2,1-8H3,(H,24,28). The first kappa shape index (κ1) is 23.4. The summed E-state index contributed by atoms with van der Waals surface area (Å²) in [5, 5.41) is 7.66. The summed E-state index contributed by atoms with van der Waals surface area (Å²) in [5.74, 6) is 0.840. The molecule has 164 valence electrons. The fourth-order valence-electron chi connectivity index (χ4n) is 2.94. The monoisotopic (exact) mass is 414 g/mol. The zero-order valence-electron chi connectivity index (χ0n) is 19.3. The summed E-state index contributed by atoms with van der Waals surface area (Å²) in [7, 11) is 1.62. The maximum absolute atomic E-state index is 12.8. The van der Waals surface area contributed by atoms with Crippen LogP contribution in [0.25, 0.3) is 5.69 Å². The zero-order chi connectivity index (χ0) is 22.6. The van der Waals surface area contributed by atoms with Gasteiger partial charge in [-0.3, -0.25) is 9.59 Å². The largest absolute Gasteiger partial charge is 0.497 e. The molecule has 0 atom stereocenters. The molecule has 0 unspecified atom stereocenters. The van der Waals surface area contributed by atoms with Crippen LogP contribution in [-0.4, -0.2) is 46.2 Å². The van der Waals surface area contributed by atoms with E-state index in [1.165, 1.54) is 0 Å².